The smallest absolute Gasteiger partial charge is 0.211 e. The van der Waals surface area contributed by atoms with Gasteiger partial charge in [0.25, 0.3) is 0 Å². The van der Waals surface area contributed by atoms with Crippen molar-refractivity contribution in [1.29, 1.82) is 0 Å². The first-order valence-electron chi connectivity index (χ1n) is 5.78. The van der Waals surface area contributed by atoms with Crippen LogP contribution in [0.15, 0.2) is 51.6 Å². The Hall–Kier alpha value is -0.820. The van der Waals surface area contributed by atoms with Gasteiger partial charge in [0.05, 0.1) is 4.90 Å². The average Bonchev–Trinajstić information content (AvgIpc) is 2.92. The van der Waals surface area contributed by atoms with Gasteiger partial charge in [0, 0.05) is 16.3 Å². The van der Waals surface area contributed by atoms with Crippen molar-refractivity contribution in [2.45, 2.75) is 16.2 Å². The highest BCUT2D eigenvalue weighted by molar-refractivity contribution is 7.98. The van der Waals surface area contributed by atoms with Crippen molar-refractivity contribution >= 4 is 33.1 Å². The molecule has 0 fully saturated rings. The molecule has 0 aliphatic carbocycles. The fraction of sp³-hybridized carbons (Fsp3) is 0.231. The van der Waals surface area contributed by atoms with E-state index in [1.807, 2.05) is 35.9 Å². The number of sulfonamides is 1. The molecule has 1 aromatic carbocycles. The summed E-state index contributed by atoms with van der Waals surface area (Å²) in [4.78, 5) is 2.55. The zero-order valence-corrected chi connectivity index (χ0v) is 12.9. The fourth-order valence-corrected chi connectivity index (χ4v) is 3.75. The van der Waals surface area contributed by atoms with E-state index in [9.17, 15) is 8.42 Å². The number of thiophene rings is 1. The van der Waals surface area contributed by atoms with Crippen molar-refractivity contribution in [3.63, 3.8) is 0 Å². The molecule has 0 unspecified atom stereocenters. The van der Waals surface area contributed by atoms with Gasteiger partial charge in [0.2, 0.25) is 10.0 Å². The topological polar surface area (TPSA) is 46.2 Å². The quantitative estimate of drug-likeness (QED) is 0.834. The Labute approximate surface area is 122 Å². The maximum absolute atomic E-state index is 12.0. The third kappa shape index (κ3) is 4.07. The summed E-state index contributed by atoms with van der Waals surface area (Å²) >= 11 is 3.23. The summed E-state index contributed by atoms with van der Waals surface area (Å²) in [5, 5.41) is 1.99. The highest BCUT2D eigenvalue weighted by atomic mass is 32.2. The second-order valence-corrected chi connectivity index (χ2v) is 7.58. The summed E-state index contributed by atoms with van der Waals surface area (Å²) in [7, 11) is -3.39. The number of rotatable bonds is 6. The third-order valence-corrected chi connectivity index (χ3v) is 5.77. The van der Waals surface area contributed by atoms with Crippen molar-refractivity contribution in [3.05, 3.63) is 46.7 Å². The Bertz CT molecular complexity index is 604. The second kappa shape index (κ2) is 6.56. The maximum atomic E-state index is 12.0. The molecule has 0 aliphatic rings. The molecule has 102 valence electrons. The van der Waals surface area contributed by atoms with Crippen LogP contribution in [0.5, 0.6) is 0 Å². The molecule has 19 heavy (non-hydrogen) atoms. The summed E-state index contributed by atoms with van der Waals surface area (Å²) in [5.41, 5.74) is 0. The van der Waals surface area contributed by atoms with Gasteiger partial charge in [0.1, 0.15) is 0 Å². The molecular formula is C13H15NO2S3. The molecule has 0 spiro atoms. The SMILES string of the molecule is CSc1ccc(S(=O)(=O)NCCc2cccs2)cc1. The third-order valence-electron chi connectivity index (χ3n) is 2.61. The van der Waals surface area contributed by atoms with Crippen molar-refractivity contribution in [3.8, 4) is 0 Å². The Kier molecular flexibility index (Phi) is 5.04. The van der Waals surface area contributed by atoms with E-state index in [1.165, 1.54) is 4.88 Å². The molecule has 1 aromatic heterocycles. The Morgan fingerprint density at radius 2 is 1.95 bits per heavy atom. The molecule has 0 saturated heterocycles. The van der Waals surface area contributed by atoms with Crippen LogP contribution in [-0.4, -0.2) is 21.2 Å². The Morgan fingerprint density at radius 3 is 2.53 bits per heavy atom. The van der Waals surface area contributed by atoms with Gasteiger partial charge >= 0.3 is 0 Å². The average molecular weight is 313 g/mol. The maximum Gasteiger partial charge on any atom is 0.240 e. The predicted octanol–water partition coefficient (Wildman–Crippen LogP) is 2.99. The van der Waals surface area contributed by atoms with Crippen LogP contribution in [0.2, 0.25) is 0 Å². The molecular weight excluding hydrogens is 298 g/mol. The zero-order valence-electron chi connectivity index (χ0n) is 10.5. The van der Waals surface area contributed by atoms with E-state index in [0.717, 1.165) is 11.3 Å². The first-order valence-corrected chi connectivity index (χ1v) is 9.37. The molecule has 0 bridgehead atoms. The van der Waals surface area contributed by atoms with E-state index in [0.29, 0.717) is 11.4 Å². The summed E-state index contributed by atoms with van der Waals surface area (Å²) < 4.78 is 26.7. The van der Waals surface area contributed by atoms with E-state index in [4.69, 9.17) is 0 Å². The zero-order chi connectivity index (χ0) is 13.7. The molecule has 1 N–H and O–H groups in total. The van der Waals surface area contributed by atoms with E-state index >= 15 is 0 Å². The van der Waals surface area contributed by atoms with Gasteiger partial charge < -0.3 is 0 Å². The van der Waals surface area contributed by atoms with Crippen molar-refractivity contribution in [2.24, 2.45) is 0 Å². The molecule has 6 heteroatoms. The van der Waals surface area contributed by atoms with E-state index in [2.05, 4.69) is 4.72 Å². The van der Waals surface area contributed by atoms with Crippen LogP contribution in [0.1, 0.15) is 4.88 Å². The highest BCUT2D eigenvalue weighted by Gasteiger charge is 2.12. The van der Waals surface area contributed by atoms with Crippen molar-refractivity contribution in [2.75, 3.05) is 12.8 Å². The van der Waals surface area contributed by atoms with Gasteiger partial charge in [-0.3, -0.25) is 0 Å². The fourth-order valence-electron chi connectivity index (χ4n) is 1.60. The minimum absolute atomic E-state index is 0.316. The van der Waals surface area contributed by atoms with Gasteiger partial charge in [-0.15, -0.1) is 23.1 Å². The second-order valence-electron chi connectivity index (χ2n) is 3.90. The molecule has 1 heterocycles. The van der Waals surface area contributed by atoms with Crippen LogP contribution in [0, 0.1) is 0 Å². The standard InChI is InChI=1S/C13H15NO2S3/c1-17-11-4-6-13(7-5-11)19(15,16)14-9-8-12-3-2-10-18-12/h2-7,10,14H,8-9H2,1H3. The monoisotopic (exact) mass is 313 g/mol. The number of thioether (sulfide) groups is 1. The van der Waals surface area contributed by atoms with Crippen LogP contribution in [-0.2, 0) is 16.4 Å². The molecule has 0 saturated carbocycles. The predicted molar refractivity (Wildman–Crippen MR) is 81.4 cm³/mol. The first-order chi connectivity index (χ1) is 9.12. The Morgan fingerprint density at radius 1 is 1.21 bits per heavy atom. The van der Waals surface area contributed by atoms with Crippen LogP contribution in [0.3, 0.4) is 0 Å². The number of hydrogen-bond acceptors (Lipinski definition) is 4. The number of benzene rings is 1. The van der Waals surface area contributed by atoms with E-state index < -0.39 is 10.0 Å². The Balaban J connectivity index is 1.97. The molecule has 0 amide bonds. The molecule has 2 rings (SSSR count). The molecule has 3 nitrogen and oxygen atoms in total. The lowest BCUT2D eigenvalue weighted by atomic mass is 10.3. The summed E-state index contributed by atoms with van der Waals surface area (Å²) in [6, 6.07) is 10.9. The lowest BCUT2D eigenvalue weighted by Gasteiger charge is -2.06. The molecule has 0 radical (unpaired) electrons. The minimum Gasteiger partial charge on any atom is -0.211 e. The molecule has 0 atom stereocenters. The minimum atomic E-state index is -3.39. The van der Waals surface area contributed by atoms with E-state index in [-0.39, 0.29) is 0 Å². The lowest BCUT2D eigenvalue weighted by Crippen LogP contribution is -2.25. The first kappa shape index (κ1) is 14.6. The van der Waals surface area contributed by atoms with Crippen LogP contribution in [0.4, 0.5) is 0 Å². The van der Waals surface area contributed by atoms with Gasteiger partial charge in [-0.2, -0.15) is 0 Å². The summed E-state index contributed by atoms with van der Waals surface area (Å²) in [6.45, 7) is 0.424. The van der Waals surface area contributed by atoms with Crippen molar-refractivity contribution < 1.29 is 8.42 Å². The van der Waals surface area contributed by atoms with Crippen molar-refractivity contribution in [1.82, 2.24) is 4.72 Å². The summed E-state index contributed by atoms with van der Waals surface area (Å²) in [6.07, 6.45) is 2.68. The normalized spacial score (nSPS) is 11.6. The van der Waals surface area contributed by atoms with Gasteiger partial charge in [-0.05, 0) is 48.4 Å². The lowest BCUT2D eigenvalue weighted by molar-refractivity contribution is 0.582. The van der Waals surface area contributed by atoms with Crippen LogP contribution >= 0.6 is 23.1 Å². The number of nitrogens with one attached hydrogen (secondary N) is 1. The molecule has 0 aliphatic heterocycles. The molecule has 2 aromatic rings. The largest absolute Gasteiger partial charge is 0.240 e. The van der Waals surface area contributed by atoms with Gasteiger partial charge in [-0.25, -0.2) is 13.1 Å². The highest BCUT2D eigenvalue weighted by Crippen LogP contribution is 2.17. The van der Waals surface area contributed by atoms with Crippen LogP contribution < -0.4 is 4.72 Å². The van der Waals surface area contributed by atoms with E-state index in [1.54, 1.807) is 35.2 Å². The number of hydrogen-bond donors (Lipinski definition) is 1. The van der Waals surface area contributed by atoms with Crippen LogP contribution in [0.25, 0.3) is 0 Å². The van der Waals surface area contributed by atoms with Gasteiger partial charge in [0.15, 0.2) is 0 Å². The summed E-state index contributed by atoms with van der Waals surface area (Å²) in [5.74, 6) is 0. The van der Waals surface area contributed by atoms with Gasteiger partial charge in [-0.1, -0.05) is 6.07 Å².